The van der Waals surface area contributed by atoms with Crippen molar-refractivity contribution in [3.05, 3.63) is 46.8 Å². The molecule has 1 aromatic heterocycles. The van der Waals surface area contributed by atoms with Crippen molar-refractivity contribution in [1.82, 2.24) is 0 Å². The summed E-state index contributed by atoms with van der Waals surface area (Å²) in [6, 6.07) is 8.73. The quantitative estimate of drug-likeness (QED) is 0.751. The first-order valence-corrected chi connectivity index (χ1v) is 6.43. The topological polar surface area (TPSA) is 101 Å². The third-order valence-corrected chi connectivity index (χ3v) is 3.73. The van der Waals surface area contributed by atoms with Crippen molar-refractivity contribution < 1.29 is 19.8 Å². The van der Waals surface area contributed by atoms with Gasteiger partial charge < -0.3 is 15.9 Å². The van der Waals surface area contributed by atoms with E-state index in [1.165, 1.54) is 6.08 Å². The predicted molar refractivity (Wildman–Crippen MR) is 77.8 cm³/mol. The maximum absolute atomic E-state index is 11.0. The molecule has 102 valence electrons. The lowest BCUT2D eigenvalue weighted by molar-refractivity contribution is -0.131. The summed E-state index contributed by atoms with van der Waals surface area (Å²) in [4.78, 5) is 22.3. The Morgan fingerprint density at radius 1 is 1.20 bits per heavy atom. The van der Waals surface area contributed by atoms with Crippen LogP contribution in [0.1, 0.15) is 15.2 Å². The van der Waals surface area contributed by atoms with E-state index in [1.54, 1.807) is 24.3 Å². The summed E-state index contributed by atoms with van der Waals surface area (Å²) in [5.41, 5.74) is 7.39. The maximum atomic E-state index is 11.0. The van der Waals surface area contributed by atoms with Gasteiger partial charge in [-0.15, -0.1) is 11.3 Å². The molecular formula is C14H11NO4S. The van der Waals surface area contributed by atoms with E-state index < -0.39 is 11.9 Å². The Labute approximate surface area is 118 Å². The SMILES string of the molecule is Nc1cc(-c2cccc(C=CC(=O)O)c2)sc1C(=O)O. The number of benzene rings is 1. The molecule has 2 aromatic rings. The van der Waals surface area contributed by atoms with Crippen LogP contribution in [0.4, 0.5) is 5.69 Å². The Bertz CT molecular complexity index is 703. The Morgan fingerprint density at radius 2 is 1.95 bits per heavy atom. The zero-order chi connectivity index (χ0) is 14.7. The van der Waals surface area contributed by atoms with Crippen LogP contribution in [0.5, 0.6) is 0 Å². The van der Waals surface area contributed by atoms with Gasteiger partial charge in [0, 0.05) is 11.0 Å². The monoisotopic (exact) mass is 289 g/mol. The van der Waals surface area contributed by atoms with Gasteiger partial charge in [-0.3, -0.25) is 0 Å². The molecule has 5 nitrogen and oxygen atoms in total. The molecule has 0 aliphatic rings. The molecule has 2 rings (SSSR count). The van der Waals surface area contributed by atoms with Crippen LogP contribution in [0.15, 0.2) is 36.4 Å². The second-order valence-corrected chi connectivity index (χ2v) is 5.05. The number of aliphatic carboxylic acids is 1. The smallest absolute Gasteiger partial charge is 0.348 e. The van der Waals surface area contributed by atoms with Crippen LogP contribution in [0.25, 0.3) is 16.5 Å². The standard InChI is InChI=1S/C14H11NO4S/c15-10-7-11(20-13(10)14(18)19)9-3-1-2-8(6-9)4-5-12(16)17/h1-7H,15H2,(H,16,17)(H,18,19). The van der Waals surface area contributed by atoms with Gasteiger partial charge in [-0.25, -0.2) is 9.59 Å². The molecule has 0 spiro atoms. The number of carboxylic acids is 2. The van der Waals surface area contributed by atoms with Crippen molar-refractivity contribution >= 4 is 35.0 Å². The fourth-order valence-corrected chi connectivity index (χ4v) is 2.59. The summed E-state index contributed by atoms with van der Waals surface area (Å²) in [5, 5.41) is 17.6. The molecule has 0 saturated heterocycles. The minimum Gasteiger partial charge on any atom is -0.478 e. The molecule has 1 heterocycles. The zero-order valence-corrected chi connectivity index (χ0v) is 11.1. The van der Waals surface area contributed by atoms with Gasteiger partial charge in [-0.05, 0) is 29.3 Å². The molecule has 0 unspecified atom stereocenters. The zero-order valence-electron chi connectivity index (χ0n) is 10.2. The van der Waals surface area contributed by atoms with Crippen molar-refractivity contribution in [3.63, 3.8) is 0 Å². The lowest BCUT2D eigenvalue weighted by Gasteiger charge is -1.99. The van der Waals surface area contributed by atoms with E-state index in [9.17, 15) is 9.59 Å². The highest BCUT2D eigenvalue weighted by Crippen LogP contribution is 2.33. The Kier molecular flexibility index (Phi) is 3.86. The van der Waals surface area contributed by atoms with Crippen molar-refractivity contribution in [2.24, 2.45) is 0 Å². The highest BCUT2D eigenvalue weighted by molar-refractivity contribution is 7.17. The Balaban J connectivity index is 2.38. The fourth-order valence-electron chi connectivity index (χ4n) is 1.68. The number of carbonyl (C=O) groups is 2. The Hall–Kier alpha value is -2.60. The van der Waals surface area contributed by atoms with E-state index in [2.05, 4.69) is 0 Å². The molecule has 6 heteroatoms. The van der Waals surface area contributed by atoms with E-state index >= 15 is 0 Å². The van der Waals surface area contributed by atoms with E-state index in [1.807, 2.05) is 6.07 Å². The number of anilines is 1. The highest BCUT2D eigenvalue weighted by atomic mass is 32.1. The molecule has 0 bridgehead atoms. The van der Waals surface area contributed by atoms with Gasteiger partial charge in [0.1, 0.15) is 4.88 Å². The second-order valence-electron chi connectivity index (χ2n) is 4.00. The van der Waals surface area contributed by atoms with Crippen LogP contribution in [0.3, 0.4) is 0 Å². The average molecular weight is 289 g/mol. The van der Waals surface area contributed by atoms with E-state index in [0.717, 1.165) is 27.9 Å². The molecule has 0 radical (unpaired) electrons. The number of hydrogen-bond acceptors (Lipinski definition) is 4. The first kappa shape index (κ1) is 13.8. The van der Waals surface area contributed by atoms with Gasteiger partial charge in [0.15, 0.2) is 0 Å². The summed E-state index contributed by atoms with van der Waals surface area (Å²) >= 11 is 1.09. The predicted octanol–water partition coefficient (Wildman–Crippen LogP) is 2.79. The van der Waals surface area contributed by atoms with E-state index in [0.29, 0.717) is 5.56 Å². The molecule has 0 fully saturated rings. The van der Waals surface area contributed by atoms with Crippen molar-refractivity contribution in [1.29, 1.82) is 0 Å². The summed E-state index contributed by atoms with van der Waals surface area (Å²) in [5.74, 6) is -2.08. The van der Waals surface area contributed by atoms with Gasteiger partial charge in [-0.2, -0.15) is 0 Å². The number of hydrogen-bond donors (Lipinski definition) is 3. The van der Waals surface area contributed by atoms with Crippen LogP contribution >= 0.6 is 11.3 Å². The van der Waals surface area contributed by atoms with Gasteiger partial charge in [0.2, 0.25) is 0 Å². The van der Waals surface area contributed by atoms with Crippen molar-refractivity contribution in [3.8, 4) is 10.4 Å². The molecule has 1 aromatic carbocycles. The lowest BCUT2D eigenvalue weighted by Crippen LogP contribution is -1.96. The summed E-state index contributed by atoms with van der Waals surface area (Å²) in [6.07, 6.45) is 2.52. The molecule has 20 heavy (non-hydrogen) atoms. The molecule has 4 N–H and O–H groups in total. The molecule has 0 saturated carbocycles. The molecule has 0 amide bonds. The summed E-state index contributed by atoms with van der Waals surface area (Å²) in [7, 11) is 0. The van der Waals surface area contributed by atoms with Gasteiger partial charge in [-0.1, -0.05) is 18.2 Å². The number of aromatic carboxylic acids is 1. The minimum atomic E-state index is -1.05. The highest BCUT2D eigenvalue weighted by Gasteiger charge is 2.13. The third-order valence-electron chi connectivity index (χ3n) is 2.54. The first-order valence-electron chi connectivity index (χ1n) is 5.61. The van der Waals surface area contributed by atoms with E-state index in [4.69, 9.17) is 15.9 Å². The average Bonchev–Trinajstić information content (AvgIpc) is 2.79. The minimum absolute atomic E-state index is 0.103. The normalized spacial score (nSPS) is 10.8. The third kappa shape index (κ3) is 3.04. The maximum Gasteiger partial charge on any atom is 0.348 e. The summed E-state index contributed by atoms with van der Waals surface area (Å²) in [6.45, 7) is 0. The van der Waals surface area contributed by atoms with Crippen molar-refractivity contribution in [2.75, 3.05) is 5.73 Å². The largest absolute Gasteiger partial charge is 0.478 e. The molecular weight excluding hydrogens is 278 g/mol. The van der Waals surface area contributed by atoms with Crippen LogP contribution < -0.4 is 5.73 Å². The number of rotatable bonds is 4. The Morgan fingerprint density at radius 3 is 2.55 bits per heavy atom. The number of nitrogen functional groups attached to an aromatic ring is 1. The second kappa shape index (κ2) is 5.58. The van der Waals surface area contributed by atoms with Crippen LogP contribution in [0.2, 0.25) is 0 Å². The van der Waals surface area contributed by atoms with Crippen LogP contribution in [-0.2, 0) is 4.79 Å². The molecule has 0 aliphatic heterocycles. The molecule has 0 atom stereocenters. The number of nitrogens with two attached hydrogens (primary N) is 1. The fraction of sp³-hybridized carbons (Fsp3) is 0. The van der Waals surface area contributed by atoms with Gasteiger partial charge in [0.05, 0.1) is 5.69 Å². The summed E-state index contributed by atoms with van der Waals surface area (Å²) < 4.78 is 0. The number of thiophene rings is 1. The van der Waals surface area contributed by atoms with Crippen LogP contribution in [-0.4, -0.2) is 22.2 Å². The number of carboxylic acid groups (broad SMARTS) is 2. The van der Waals surface area contributed by atoms with Crippen molar-refractivity contribution in [2.45, 2.75) is 0 Å². The van der Waals surface area contributed by atoms with E-state index in [-0.39, 0.29) is 10.6 Å². The molecule has 0 aliphatic carbocycles. The van der Waals surface area contributed by atoms with Crippen LogP contribution in [0, 0.1) is 0 Å². The lowest BCUT2D eigenvalue weighted by atomic mass is 10.1. The van der Waals surface area contributed by atoms with Gasteiger partial charge in [0.25, 0.3) is 0 Å². The first-order chi connectivity index (χ1) is 9.47. The van der Waals surface area contributed by atoms with Gasteiger partial charge >= 0.3 is 11.9 Å².